The molecule has 0 saturated heterocycles. The van der Waals surface area contributed by atoms with E-state index in [0.29, 0.717) is 0 Å². The second-order valence-corrected chi connectivity index (χ2v) is 4.98. The van der Waals surface area contributed by atoms with Crippen LogP contribution < -0.4 is 5.32 Å². The van der Waals surface area contributed by atoms with Crippen LogP contribution >= 0.6 is 11.3 Å². The molecule has 1 atom stereocenters. The summed E-state index contributed by atoms with van der Waals surface area (Å²) in [4.78, 5) is 8.52. The van der Waals surface area contributed by atoms with Crippen LogP contribution in [-0.2, 0) is 0 Å². The number of aliphatic hydroxyl groups is 1. The van der Waals surface area contributed by atoms with Crippen LogP contribution in [0, 0.1) is 6.92 Å². The zero-order valence-electron chi connectivity index (χ0n) is 10.1. The van der Waals surface area contributed by atoms with E-state index in [1.165, 1.54) is 5.56 Å². The van der Waals surface area contributed by atoms with Gasteiger partial charge in [-0.3, -0.25) is 0 Å². The maximum absolute atomic E-state index is 9.48. The van der Waals surface area contributed by atoms with Crippen LogP contribution in [0.25, 0.3) is 10.2 Å². The van der Waals surface area contributed by atoms with Crippen LogP contribution in [0.1, 0.15) is 25.3 Å². The molecule has 0 saturated carbocycles. The van der Waals surface area contributed by atoms with Crippen molar-refractivity contribution in [2.75, 3.05) is 11.9 Å². The molecular weight excluding hydrogens is 234 g/mol. The quantitative estimate of drug-likeness (QED) is 0.857. The molecule has 0 aliphatic carbocycles. The maximum atomic E-state index is 9.48. The number of anilines is 1. The molecule has 1 unspecified atom stereocenters. The van der Waals surface area contributed by atoms with Gasteiger partial charge in [0.2, 0.25) is 0 Å². The molecule has 2 N–H and O–H groups in total. The summed E-state index contributed by atoms with van der Waals surface area (Å²) in [6, 6.07) is 0. The van der Waals surface area contributed by atoms with E-state index in [-0.39, 0.29) is 6.10 Å². The molecule has 5 heteroatoms. The smallest absolute Gasteiger partial charge is 0.147 e. The molecule has 17 heavy (non-hydrogen) atoms. The third kappa shape index (κ3) is 2.73. The molecule has 0 bridgehead atoms. The van der Waals surface area contributed by atoms with Crippen LogP contribution in [0.15, 0.2) is 11.7 Å². The van der Waals surface area contributed by atoms with Gasteiger partial charge >= 0.3 is 0 Å². The number of nitrogens with zero attached hydrogens (tertiary/aromatic N) is 2. The summed E-state index contributed by atoms with van der Waals surface area (Å²) in [5, 5.41) is 14.8. The summed E-state index contributed by atoms with van der Waals surface area (Å²) in [6.45, 7) is 4.77. The van der Waals surface area contributed by atoms with E-state index in [9.17, 15) is 5.11 Å². The van der Waals surface area contributed by atoms with Crippen molar-refractivity contribution in [3.05, 3.63) is 17.3 Å². The Bertz CT molecular complexity index is 497. The van der Waals surface area contributed by atoms with Gasteiger partial charge in [0, 0.05) is 6.54 Å². The number of hydrogen-bond acceptors (Lipinski definition) is 5. The molecule has 2 aromatic heterocycles. The highest BCUT2D eigenvalue weighted by Gasteiger charge is 2.08. The number of fused-ring (bicyclic) bond motifs is 1. The fourth-order valence-electron chi connectivity index (χ4n) is 1.66. The van der Waals surface area contributed by atoms with Gasteiger partial charge in [-0.15, -0.1) is 11.3 Å². The minimum Gasteiger partial charge on any atom is -0.393 e. The Balaban J connectivity index is 2.08. The van der Waals surface area contributed by atoms with Crippen molar-refractivity contribution < 1.29 is 5.11 Å². The third-order valence-electron chi connectivity index (χ3n) is 2.77. The van der Waals surface area contributed by atoms with Gasteiger partial charge in [-0.1, -0.05) is 6.92 Å². The van der Waals surface area contributed by atoms with Crippen molar-refractivity contribution in [1.82, 2.24) is 9.97 Å². The van der Waals surface area contributed by atoms with Gasteiger partial charge in [-0.25, -0.2) is 9.97 Å². The number of thiophene rings is 1. The topological polar surface area (TPSA) is 58.0 Å². The zero-order valence-corrected chi connectivity index (χ0v) is 10.9. The lowest BCUT2D eigenvalue weighted by molar-refractivity contribution is 0.164. The summed E-state index contributed by atoms with van der Waals surface area (Å²) in [5.74, 6) is 0.872. The molecule has 0 aromatic carbocycles. The second-order valence-electron chi connectivity index (χ2n) is 4.10. The van der Waals surface area contributed by atoms with E-state index in [1.807, 2.05) is 6.92 Å². The number of aliphatic hydroxyl groups excluding tert-OH is 1. The summed E-state index contributed by atoms with van der Waals surface area (Å²) >= 11 is 1.66. The Hall–Kier alpha value is -1.20. The molecule has 92 valence electrons. The van der Waals surface area contributed by atoms with Gasteiger partial charge in [0.15, 0.2) is 0 Å². The molecule has 0 fully saturated rings. The molecule has 0 aliphatic rings. The molecular formula is C12H17N3OS. The monoisotopic (exact) mass is 251 g/mol. The standard InChI is InChI=1S/C12H17N3OS/c1-3-9(16)4-5-13-12-11-10(14-7-15-12)8(2)6-17-11/h6-7,9,16H,3-5H2,1-2H3,(H,13,14,15). The van der Waals surface area contributed by atoms with Crippen molar-refractivity contribution in [3.8, 4) is 0 Å². The van der Waals surface area contributed by atoms with Crippen LogP contribution in [0.2, 0.25) is 0 Å². The molecule has 0 spiro atoms. The number of hydrogen-bond donors (Lipinski definition) is 2. The van der Waals surface area contributed by atoms with Crippen LogP contribution in [0.5, 0.6) is 0 Å². The van der Waals surface area contributed by atoms with Crippen LogP contribution in [0.3, 0.4) is 0 Å². The molecule has 2 heterocycles. The van der Waals surface area contributed by atoms with E-state index < -0.39 is 0 Å². The van der Waals surface area contributed by atoms with E-state index in [0.717, 1.165) is 35.4 Å². The van der Waals surface area contributed by atoms with Gasteiger partial charge in [-0.05, 0) is 30.7 Å². The highest BCUT2D eigenvalue weighted by Crippen LogP contribution is 2.28. The fraction of sp³-hybridized carbons (Fsp3) is 0.500. The summed E-state index contributed by atoms with van der Waals surface area (Å²) in [7, 11) is 0. The third-order valence-corrected chi connectivity index (χ3v) is 3.87. The van der Waals surface area contributed by atoms with E-state index >= 15 is 0 Å². The predicted molar refractivity (Wildman–Crippen MR) is 71.6 cm³/mol. The number of rotatable bonds is 5. The van der Waals surface area contributed by atoms with Gasteiger partial charge in [0.25, 0.3) is 0 Å². The van der Waals surface area contributed by atoms with E-state index in [1.54, 1.807) is 17.7 Å². The largest absolute Gasteiger partial charge is 0.393 e. The van der Waals surface area contributed by atoms with Gasteiger partial charge in [0.1, 0.15) is 12.1 Å². The molecule has 2 rings (SSSR count). The summed E-state index contributed by atoms with van der Waals surface area (Å²) in [5.41, 5.74) is 2.20. The van der Waals surface area contributed by atoms with Gasteiger partial charge in [0.05, 0.1) is 16.3 Å². The summed E-state index contributed by atoms with van der Waals surface area (Å²) < 4.78 is 1.09. The molecule has 0 aliphatic heterocycles. The lowest BCUT2D eigenvalue weighted by Gasteiger charge is -2.09. The Labute approximate surface area is 105 Å². The van der Waals surface area contributed by atoms with Crippen molar-refractivity contribution >= 4 is 27.4 Å². The maximum Gasteiger partial charge on any atom is 0.147 e. The molecule has 4 nitrogen and oxygen atoms in total. The first-order valence-corrected chi connectivity index (χ1v) is 6.71. The number of aryl methyl sites for hydroxylation is 1. The Morgan fingerprint density at radius 1 is 1.47 bits per heavy atom. The first kappa shape index (κ1) is 12.3. The van der Waals surface area contributed by atoms with E-state index in [4.69, 9.17) is 0 Å². The van der Waals surface area contributed by atoms with Crippen molar-refractivity contribution in [2.45, 2.75) is 32.8 Å². The SMILES string of the molecule is CCC(O)CCNc1ncnc2c(C)csc12. The summed E-state index contributed by atoms with van der Waals surface area (Å²) in [6.07, 6.45) is 2.89. The lowest BCUT2D eigenvalue weighted by Crippen LogP contribution is -2.12. The minimum atomic E-state index is -0.232. The predicted octanol–water partition coefficient (Wildman–Crippen LogP) is 2.57. The van der Waals surface area contributed by atoms with Crippen LogP contribution in [-0.4, -0.2) is 27.7 Å². The molecule has 2 aromatic rings. The zero-order chi connectivity index (χ0) is 12.3. The van der Waals surface area contributed by atoms with Crippen LogP contribution in [0.4, 0.5) is 5.82 Å². The number of aromatic nitrogens is 2. The van der Waals surface area contributed by atoms with Crippen molar-refractivity contribution in [1.29, 1.82) is 0 Å². The molecule has 0 radical (unpaired) electrons. The highest BCUT2D eigenvalue weighted by molar-refractivity contribution is 7.18. The van der Waals surface area contributed by atoms with E-state index in [2.05, 4.69) is 27.6 Å². The average molecular weight is 251 g/mol. The molecule has 0 amide bonds. The Morgan fingerprint density at radius 2 is 2.29 bits per heavy atom. The first-order valence-electron chi connectivity index (χ1n) is 5.83. The minimum absolute atomic E-state index is 0.232. The Morgan fingerprint density at radius 3 is 3.06 bits per heavy atom. The first-order chi connectivity index (χ1) is 8.22. The highest BCUT2D eigenvalue weighted by atomic mass is 32.1. The fourth-order valence-corrected chi connectivity index (χ4v) is 2.62. The number of nitrogens with one attached hydrogen (secondary N) is 1. The lowest BCUT2D eigenvalue weighted by atomic mass is 10.2. The van der Waals surface area contributed by atoms with Gasteiger partial charge < -0.3 is 10.4 Å². The van der Waals surface area contributed by atoms with Crippen molar-refractivity contribution in [3.63, 3.8) is 0 Å². The normalized spacial score (nSPS) is 12.9. The second kappa shape index (κ2) is 5.42. The van der Waals surface area contributed by atoms with Gasteiger partial charge in [-0.2, -0.15) is 0 Å². The Kier molecular flexibility index (Phi) is 3.91. The average Bonchev–Trinajstić information content (AvgIpc) is 2.72. The van der Waals surface area contributed by atoms with Crippen molar-refractivity contribution in [2.24, 2.45) is 0 Å².